The summed E-state index contributed by atoms with van der Waals surface area (Å²) in [5, 5.41) is 0.387. The molecule has 3 saturated heterocycles. The number of rotatable bonds is 3. The molecule has 7 nitrogen and oxygen atoms in total. The summed E-state index contributed by atoms with van der Waals surface area (Å²) >= 11 is 6.11. The first-order valence-electron chi connectivity index (χ1n) is 10.6. The minimum absolute atomic E-state index is 0.224. The highest BCUT2D eigenvalue weighted by Gasteiger charge is 2.75. The fourth-order valence-corrected chi connectivity index (χ4v) is 5.69. The molecule has 2 aromatic carbocycles. The van der Waals surface area contributed by atoms with Crippen molar-refractivity contribution in [3.8, 4) is 0 Å². The zero-order chi connectivity index (χ0) is 22.9. The van der Waals surface area contributed by atoms with Crippen LogP contribution in [0.3, 0.4) is 0 Å². The number of halogens is 1. The molecule has 5 rings (SSSR count). The highest BCUT2D eigenvalue weighted by Crippen LogP contribution is 2.58. The number of urea groups is 1. The lowest BCUT2D eigenvalue weighted by atomic mass is 9.79. The summed E-state index contributed by atoms with van der Waals surface area (Å²) in [6, 6.07) is 12.7. The molecule has 0 bridgehead atoms. The summed E-state index contributed by atoms with van der Waals surface area (Å²) in [7, 11) is 0. The molecule has 0 aliphatic carbocycles. The fourth-order valence-electron chi connectivity index (χ4n) is 5.51. The van der Waals surface area contributed by atoms with E-state index in [2.05, 4.69) is 0 Å². The zero-order valence-electron chi connectivity index (χ0n) is 17.9. The first-order chi connectivity index (χ1) is 15.2. The van der Waals surface area contributed by atoms with E-state index in [0.29, 0.717) is 10.7 Å². The fraction of sp³-hybridized carbons (Fsp3) is 0.333. The molecule has 3 heterocycles. The number of carbonyl (C=O) groups excluding carboxylic acids is 4. The van der Waals surface area contributed by atoms with Gasteiger partial charge in [-0.2, -0.15) is 0 Å². The third kappa shape index (κ3) is 2.48. The van der Waals surface area contributed by atoms with Gasteiger partial charge < -0.3 is 4.90 Å². The number of hydrogen-bond acceptors (Lipinski definition) is 4. The van der Waals surface area contributed by atoms with Crippen LogP contribution in [0.25, 0.3) is 0 Å². The van der Waals surface area contributed by atoms with E-state index in [9.17, 15) is 19.2 Å². The minimum Gasteiger partial charge on any atom is -0.301 e. The molecule has 0 unspecified atom stereocenters. The lowest BCUT2D eigenvalue weighted by Crippen LogP contribution is -2.51. The number of amides is 5. The Kier molecular flexibility index (Phi) is 4.47. The Morgan fingerprint density at radius 2 is 1.69 bits per heavy atom. The number of fused-ring (bicyclic) bond motifs is 3. The van der Waals surface area contributed by atoms with Crippen LogP contribution in [0.1, 0.15) is 31.0 Å². The molecular weight excluding hydrogens is 430 g/mol. The molecule has 164 valence electrons. The Labute approximate surface area is 190 Å². The lowest BCUT2D eigenvalue weighted by Gasteiger charge is -2.32. The molecule has 32 heavy (non-hydrogen) atoms. The maximum atomic E-state index is 13.8. The van der Waals surface area contributed by atoms with E-state index in [4.69, 9.17) is 11.6 Å². The van der Waals surface area contributed by atoms with Crippen LogP contribution in [-0.2, 0) is 14.4 Å². The second-order valence-corrected chi connectivity index (χ2v) is 9.14. The van der Waals surface area contributed by atoms with Gasteiger partial charge in [0.15, 0.2) is 0 Å². The number of benzene rings is 2. The average molecular weight is 452 g/mol. The van der Waals surface area contributed by atoms with Crippen LogP contribution < -0.4 is 4.90 Å². The van der Waals surface area contributed by atoms with Crippen molar-refractivity contribution in [3.05, 3.63) is 64.7 Å². The summed E-state index contributed by atoms with van der Waals surface area (Å²) in [6.45, 7) is 5.51. The van der Waals surface area contributed by atoms with Gasteiger partial charge in [-0.05, 0) is 44.5 Å². The number of nitrogens with zero attached hydrogens (tertiary/aromatic N) is 3. The molecule has 0 saturated carbocycles. The van der Waals surface area contributed by atoms with Gasteiger partial charge in [0.2, 0.25) is 11.8 Å². The molecule has 4 atom stereocenters. The van der Waals surface area contributed by atoms with Gasteiger partial charge in [-0.25, -0.2) is 9.69 Å². The van der Waals surface area contributed by atoms with Crippen molar-refractivity contribution in [3.63, 3.8) is 0 Å². The van der Waals surface area contributed by atoms with Crippen LogP contribution in [-0.4, -0.2) is 45.6 Å². The van der Waals surface area contributed by atoms with Crippen molar-refractivity contribution in [2.24, 2.45) is 11.8 Å². The second kappa shape index (κ2) is 6.90. The van der Waals surface area contributed by atoms with E-state index < -0.39 is 41.3 Å². The number of likely N-dealkylation sites (tertiary alicyclic amines) is 1. The van der Waals surface area contributed by atoms with Crippen molar-refractivity contribution in [1.29, 1.82) is 0 Å². The van der Waals surface area contributed by atoms with E-state index >= 15 is 0 Å². The van der Waals surface area contributed by atoms with Crippen LogP contribution in [0.15, 0.2) is 48.5 Å². The first-order valence-corrected chi connectivity index (χ1v) is 10.9. The maximum Gasteiger partial charge on any atom is 0.332 e. The van der Waals surface area contributed by atoms with E-state index in [0.717, 1.165) is 16.0 Å². The van der Waals surface area contributed by atoms with Gasteiger partial charge in [0, 0.05) is 11.6 Å². The van der Waals surface area contributed by atoms with Crippen molar-refractivity contribution in [2.45, 2.75) is 32.4 Å². The van der Waals surface area contributed by atoms with Crippen molar-refractivity contribution >= 4 is 41.0 Å². The predicted molar refractivity (Wildman–Crippen MR) is 118 cm³/mol. The number of carbonyl (C=O) groups is 4. The SMILES string of the molecule is CCN1C(=O)[C@H]2[C@@H](c3ccc(C)cc3)N3C(=O)N(c4cccc(Cl)c4)C(=O)[C@@]3(C)[C@H]2C1=O. The normalized spacial score (nSPS) is 29.2. The van der Waals surface area contributed by atoms with Crippen LogP contribution in [0.5, 0.6) is 0 Å². The molecule has 3 aliphatic rings. The van der Waals surface area contributed by atoms with Gasteiger partial charge in [0.25, 0.3) is 5.91 Å². The zero-order valence-corrected chi connectivity index (χ0v) is 18.7. The van der Waals surface area contributed by atoms with Crippen LogP contribution in [0.2, 0.25) is 5.02 Å². The number of imide groups is 2. The molecule has 5 amide bonds. The standard InChI is InChI=1S/C24H22ClN3O4/c1-4-26-20(29)17-18(21(26)30)24(3)22(31)27(16-7-5-6-15(25)12-16)23(32)28(24)19(17)14-10-8-13(2)9-11-14/h5-12,17-19H,4H2,1-3H3/t17-,18-,19-,24-/m1/s1. The highest BCUT2D eigenvalue weighted by atomic mass is 35.5. The number of anilines is 1. The van der Waals surface area contributed by atoms with E-state index in [1.807, 2.05) is 31.2 Å². The van der Waals surface area contributed by atoms with E-state index in [-0.39, 0.29) is 12.5 Å². The largest absolute Gasteiger partial charge is 0.332 e. The van der Waals surface area contributed by atoms with E-state index in [1.54, 1.807) is 38.1 Å². The predicted octanol–water partition coefficient (Wildman–Crippen LogP) is 3.55. The van der Waals surface area contributed by atoms with Crippen molar-refractivity contribution in [1.82, 2.24) is 9.80 Å². The van der Waals surface area contributed by atoms with Gasteiger partial charge >= 0.3 is 6.03 Å². The molecule has 0 aromatic heterocycles. The minimum atomic E-state index is -1.48. The monoisotopic (exact) mass is 451 g/mol. The Morgan fingerprint density at radius 3 is 2.31 bits per heavy atom. The summed E-state index contributed by atoms with van der Waals surface area (Å²) in [6.07, 6.45) is 0. The first kappa shape index (κ1) is 20.7. The maximum absolute atomic E-state index is 13.8. The molecule has 0 spiro atoms. The van der Waals surface area contributed by atoms with Gasteiger partial charge in [-0.1, -0.05) is 47.5 Å². The summed E-state index contributed by atoms with van der Waals surface area (Å²) < 4.78 is 0. The molecular formula is C24H22ClN3O4. The Hall–Kier alpha value is -3.19. The number of aryl methyl sites for hydroxylation is 1. The molecule has 8 heteroatoms. The van der Waals surface area contributed by atoms with E-state index in [1.165, 1.54) is 9.80 Å². The molecule has 2 aromatic rings. The van der Waals surface area contributed by atoms with Gasteiger partial charge in [-0.15, -0.1) is 0 Å². The highest BCUT2D eigenvalue weighted by molar-refractivity contribution is 6.32. The van der Waals surface area contributed by atoms with Crippen LogP contribution in [0, 0.1) is 18.8 Å². The quantitative estimate of drug-likeness (QED) is 0.528. The molecule has 3 aliphatic heterocycles. The average Bonchev–Trinajstić information content (AvgIpc) is 3.26. The summed E-state index contributed by atoms with van der Waals surface area (Å²) in [5.41, 5.74) is 0.615. The summed E-state index contributed by atoms with van der Waals surface area (Å²) in [5.74, 6) is -3.00. The van der Waals surface area contributed by atoms with Gasteiger partial charge in [-0.3, -0.25) is 19.3 Å². The smallest absolute Gasteiger partial charge is 0.301 e. The summed E-state index contributed by atoms with van der Waals surface area (Å²) in [4.78, 5) is 57.9. The van der Waals surface area contributed by atoms with Crippen molar-refractivity contribution in [2.75, 3.05) is 11.4 Å². The van der Waals surface area contributed by atoms with Gasteiger partial charge in [0.05, 0.1) is 23.6 Å². The molecule has 3 fully saturated rings. The molecule has 0 N–H and O–H groups in total. The third-order valence-electron chi connectivity index (χ3n) is 7.00. The lowest BCUT2D eigenvalue weighted by molar-refractivity contribution is -0.143. The molecule has 0 radical (unpaired) electrons. The Morgan fingerprint density at radius 1 is 1.00 bits per heavy atom. The van der Waals surface area contributed by atoms with Crippen molar-refractivity contribution < 1.29 is 19.2 Å². The Bertz CT molecular complexity index is 1180. The van der Waals surface area contributed by atoms with Crippen LogP contribution >= 0.6 is 11.6 Å². The second-order valence-electron chi connectivity index (χ2n) is 8.70. The third-order valence-corrected chi connectivity index (χ3v) is 7.24. The number of hydrogen-bond donors (Lipinski definition) is 0. The Balaban J connectivity index is 1.71. The van der Waals surface area contributed by atoms with Gasteiger partial charge in [0.1, 0.15) is 5.54 Å². The topological polar surface area (TPSA) is 78.0 Å². The van der Waals surface area contributed by atoms with Crippen LogP contribution in [0.4, 0.5) is 10.5 Å².